The zero-order valence-electron chi connectivity index (χ0n) is 11.9. The fourth-order valence-electron chi connectivity index (χ4n) is 2.05. The van der Waals surface area contributed by atoms with Crippen LogP contribution in [0, 0.1) is 0 Å². The molecule has 4 nitrogen and oxygen atoms in total. The first-order valence-corrected chi connectivity index (χ1v) is 6.96. The molecule has 1 rings (SSSR count). The lowest BCUT2D eigenvalue weighted by atomic mass is 10.1. The summed E-state index contributed by atoms with van der Waals surface area (Å²) in [6.07, 6.45) is 7.56. The molecule has 0 aromatic carbocycles. The lowest BCUT2D eigenvalue weighted by Gasteiger charge is -2.20. The molecule has 0 saturated carbocycles. The van der Waals surface area contributed by atoms with Crippen molar-refractivity contribution in [3.05, 3.63) is 18.2 Å². The molecule has 0 aliphatic heterocycles. The molecular weight excluding hydrogens is 226 g/mol. The van der Waals surface area contributed by atoms with Crippen LogP contribution in [-0.4, -0.2) is 21.5 Å². The molecule has 0 radical (unpaired) electrons. The molecule has 1 N–H and O–H groups in total. The van der Waals surface area contributed by atoms with Gasteiger partial charge in [-0.1, -0.05) is 20.8 Å². The van der Waals surface area contributed by atoms with Crippen molar-refractivity contribution in [3.8, 4) is 0 Å². The quantitative estimate of drug-likeness (QED) is 0.810. The third kappa shape index (κ3) is 3.59. The van der Waals surface area contributed by atoms with Gasteiger partial charge in [-0.25, -0.2) is 4.98 Å². The van der Waals surface area contributed by atoms with Crippen molar-refractivity contribution in [3.63, 3.8) is 0 Å². The van der Waals surface area contributed by atoms with Gasteiger partial charge in [-0.2, -0.15) is 0 Å². The molecule has 1 aromatic heterocycles. The van der Waals surface area contributed by atoms with E-state index in [9.17, 15) is 4.79 Å². The molecule has 0 saturated heterocycles. The molecule has 1 atom stereocenters. The maximum atomic E-state index is 12.2. The van der Waals surface area contributed by atoms with Crippen LogP contribution in [0.1, 0.15) is 58.8 Å². The number of aryl methyl sites for hydroxylation is 1. The molecule has 18 heavy (non-hydrogen) atoms. The highest BCUT2D eigenvalue weighted by Crippen LogP contribution is 2.12. The summed E-state index contributed by atoms with van der Waals surface area (Å²) >= 11 is 0. The van der Waals surface area contributed by atoms with Gasteiger partial charge in [0.15, 0.2) is 0 Å². The van der Waals surface area contributed by atoms with Crippen molar-refractivity contribution in [2.45, 2.75) is 65.5 Å². The van der Waals surface area contributed by atoms with Gasteiger partial charge < -0.3 is 9.88 Å². The van der Waals surface area contributed by atoms with Crippen molar-refractivity contribution in [1.29, 1.82) is 0 Å². The van der Waals surface area contributed by atoms with Crippen LogP contribution in [0.25, 0.3) is 0 Å². The zero-order valence-corrected chi connectivity index (χ0v) is 11.9. The van der Waals surface area contributed by atoms with E-state index in [-0.39, 0.29) is 18.0 Å². The molecule has 0 fully saturated rings. The highest BCUT2D eigenvalue weighted by atomic mass is 16.2. The number of imidazole rings is 1. The van der Waals surface area contributed by atoms with Crippen LogP contribution in [0.3, 0.4) is 0 Å². The van der Waals surface area contributed by atoms with Crippen LogP contribution >= 0.6 is 0 Å². The number of nitrogens with one attached hydrogen (secondary N) is 1. The summed E-state index contributed by atoms with van der Waals surface area (Å²) < 4.78 is 1.97. The van der Waals surface area contributed by atoms with Crippen LogP contribution in [0.4, 0.5) is 0 Å². The maximum Gasteiger partial charge on any atom is 0.243 e. The average molecular weight is 251 g/mol. The largest absolute Gasteiger partial charge is 0.352 e. The highest BCUT2D eigenvalue weighted by Gasteiger charge is 2.19. The van der Waals surface area contributed by atoms with Gasteiger partial charge in [0.2, 0.25) is 5.91 Å². The summed E-state index contributed by atoms with van der Waals surface area (Å²) in [5.41, 5.74) is 0. The van der Waals surface area contributed by atoms with Crippen molar-refractivity contribution < 1.29 is 4.79 Å². The van der Waals surface area contributed by atoms with E-state index < -0.39 is 0 Å². The Labute approximate surface area is 110 Å². The molecule has 0 aliphatic rings. The fourth-order valence-corrected chi connectivity index (χ4v) is 2.05. The van der Waals surface area contributed by atoms with E-state index in [4.69, 9.17) is 0 Å². The Kier molecular flexibility index (Phi) is 5.89. The summed E-state index contributed by atoms with van der Waals surface area (Å²) in [6, 6.07) is 0.0905. The van der Waals surface area contributed by atoms with Gasteiger partial charge in [0.1, 0.15) is 11.9 Å². The molecule has 0 bridgehead atoms. The lowest BCUT2D eigenvalue weighted by Crippen LogP contribution is -2.38. The Morgan fingerprint density at radius 1 is 1.39 bits per heavy atom. The molecule has 1 heterocycles. The van der Waals surface area contributed by atoms with E-state index in [0.717, 1.165) is 31.5 Å². The van der Waals surface area contributed by atoms with Crippen LogP contribution in [-0.2, 0) is 11.2 Å². The van der Waals surface area contributed by atoms with E-state index in [1.54, 1.807) is 6.20 Å². The second kappa shape index (κ2) is 7.19. The number of nitrogens with zero attached hydrogens (tertiary/aromatic N) is 2. The molecule has 1 aromatic rings. The summed E-state index contributed by atoms with van der Waals surface area (Å²) in [6.45, 7) is 8.24. The number of rotatable bonds is 7. The summed E-state index contributed by atoms with van der Waals surface area (Å²) in [5, 5.41) is 3.09. The topological polar surface area (TPSA) is 46.9 Å². The number of carbonyl (C=O) groups is 1. The fraction of sp³-hybridized carbons (Fsp3) is 0.714. The van der Waals surface area contributed by atoms with Gasteiger partial charge in [0.25, 0.3) is 0 Å². The minimum atomic E-state index is -0.186. The smallest absolute Gasteiger partial charge is 0.243 e. The molecule has 0 spiro atoms. The number of hydrogen-bond donors (Lipinski definition) is 1. The molecule has 1 amide bonds. The number of aromatic nitrogens is 2. The predicted molar refractivity (Wildman–Crippen MR) is 73.4 cm³/mol. The summed E-state index contributed by atoms with van der Waals surface area (Å²) in [5.74, 6) is 1.07. The first-order valence-electron chi connectivity index (χ1n) is 6.96. The zero-order chi connectivity index (χ0) is 13.5. The minimum Gasteiger partial charge on any atom is -0.352 e. The molecule has 102 valence electrons. The van der Waals surface area contributed by atoms with E-state index >= 15 is 0 Å². The molecule has 0 aliphatic carbocycles. The van der Waals surface area contributed by atoms with Gasteiger partial charge in [0, 0.05) is 24.9 Å². The standard InChI is InChI=1S/C14H25N3O/c1-5-8-13-15-9-10-17(13)11(4)14(18)16-12(6-2)7-3/h9-12H,5-8H2,1-4H3,(H,16,18). The van der Waals surface area contributed by atoms with E-state index in [2.05, 4.69) is 31.1 Å². The van der Waals surface area contributed by atoms with Gasteiger partial charge in [-0.05, 0) is 26.2 Å². The van der Waals surface area contributed by atoms with E-state index in [1.807, 2.05) is 17.7 Å². The van der Waals surface area contributed by atoms with Crippen molar-refractivity contribution in [2.24, 2.45) is 0 Å². The molecular formula is C14H25N3O. The summed E-state index contributed by atoms with van der Waals surface area (Å²) in [4.78, 5) is 16.5. The average Bonchev–Trinajstić information content (AvgIpc) is 2.83. The number of hydrogen-bond acceptors (Lipinski definition) is 2. The monoisotopic (exact) mass is 251 g/mol. The van der Waals surface area contributed by atoms with Crippen LogP contribution < -0.4 is 5.32 Å². The minimum absolute atomic E-state index is 0.0825. The molecule has 1 unspecified atom stereocenters. The lowest BCUT2D eigenvalue weighted by molar-refractivity contribution is -0.124. The third-order valence-corrected chi connectivity index (χ3v) is 3.35. The van der Waals surface area contributed by atoms with Crippen LogP contribution in [0.15, 0.2) is 12.4 Å². The Bertz CT molecular complexity index is 369. The van der Waals surface area contributed by atoms with Crippen molar-refractivity contribution in [1.82, 2.24) is 14.9 Å². The molecule has 4 heteroatoms. The van der Waals surface area contributed by atoms with Crippen molar-refractivity contribution in [2.75, 3.05) is 0 Å². The summed E-state index contributed by atoms with van der Waals surface area (Å²) in [7, 11) is 0. The second-order valence-corrected chi connectivity index (χ2v) is 4.70. The third-order valence-electron chi connectivity index (χ3n) is 3.35. The Balaban J connectivity index is 2.70. The Morgan fingerprint density at radius 3 is 2.61 bits per heavy atom. The second-order valence-electron chi connectivity index (χ2n) is 4.70. The van der Waals surface area contributed by atoms with E-state index in [1.165, 1.54) is 0 Å². The van der Waals surface area contributed by atoms with E-state index in [0.29, 0.717) is 0 Å². The SMILES string of the molecule is CCCc1nccn1C(C)C(=O)NC(CC)CC. The number of amides is 1. The van der Waals surface area contributed by atoms with Gasteiger partial charge in [-0.15, -0.1) is 0 Å². The van der Waals surface area contributed by atoms with Crippen molar-refractivity contribution >= 4 is 5.91 Å². The van der Waals surface area contributed by atoms with Crippen LogP contribution in [0.5, 0.6) is 0 Å². The predicted octanol–water partition coefficient (Wildman–Crippen LogP) is 2.70. The maximum absolute atomic E-state index is 12.2. The van der Waals surface area contributed by atoms with Gasteiger partial charge in [0.05, 0.1) is 0 Å². The first-order chi connectivity index (χ1) is 8.63. The highest BCUT2D eigenvalue weighted by molar-refractivity contribution is 5.80. The Hall–Kier alpha value is -1.32. The van der Waals surface area contributed by atoms with Gasteiger partial charge >= 0.3 is 0 Å². The normalized spacial score (nSPS) is 12.7. The first kappa shape index (κ1) is 14.7. The van der Waals surface area contributed by atoms with Gasteiger partial charge in [-0.3, -0.25) is 4.79 Å². The van der Waals surface area contributed by atoms with Crippen LogP contribution in [0.2, 0.25) is 0 Å². The Morgan fingerprint density at radius 2 is 2.06 bits per heavy atom. The number of carbonyl (C=O) groups excluding carboxylic acids is 1.